The molecule has 1 aromatic rings. The van der Waals surface area contributed by atoms with Gasteiger partial charge in [-0.15, -0.1) is 0 Å². The summed E-state index contributed by atoms with van der Waals surface area (Å²) in [6, 6.07) is 5.62. The Morgan fingerprint density at radius 3 is 2.60 bits per heavy atom. The summed E-state index contributed by atoms with van der Waals surface area (Å²) in [6.45, 7) is 4.46. The van der Waals surface area contributed by atoms with Crippen LogP contribution in [-0.2, 0) is 4.74 Å². The van der Waals surface area contributed by atoms with Crippen LogP contribution in [-0.4, -0.2) is 37.2 Å². The van der Waals surface area contributed by atoms with Crippen LogP contribution < -0.4 is 5.73 Å². The summed E-state index contributed by atoms with van der Waals surface area (Å²) in [6.07, 6.45) is 2.15. The fraction of sp³-hybridized carbons (Fsp3) is 0.600. The van der Waals surface area contributed by atoms with Crippen molar-refractivity contribution in [3.63, 3.8) is 0 Å². The van der Waals surface area contributed by atoms with Crippen LogP contribution in [0.2, 0.25) is 10.0 Å². The molecule has 0 radical (unpaired) electrons. The SMILES string of the molecule is COC1(C)CCCN(C(CN)c2c(Cl)cccc2Cl)C1. The number of ether oxygens (including phenoxy) is 1. The van der Waals surface area contributed by atoms with E-state index in [1.807, 2.05) is 18.2 Å². The highest BCUT2D eigenvalue weighted by molar-refractivity contribution is 6.36. The molecule has 1 aliphatic rings. The second kappa shape index (κ2) is 6.63. The molecule has 0 aromatic heterocycles. The maximum Gasteiger partial charge on any atom is 0.0777 e. The molecule has 5 heteroatoms. The quantitative estimate of drug-likeness (QED) is 0.924. The molecule has 2 rings (SSSR count). The maximum absolute atomic E-state index is 6.33. The molecule has 2 atom stereocenters. The third-order valence-electron chi connectivity index (χ3n) is 4.18. The summed E-state index contributed by atoms with van der Waals surface area (Å²) in [7, 11) is 1.77. The van der Waals surface area contributed by atoms with E-state index >= 15 is 0 Å². The molecule has 20 heavy (non-hydrogen) atoms. The lowest BCUT2D eigenvalue weighted by Crippen LogP contribution is -2.50. The Hall–Kier alpha value is -0.320. The number of hydrogen-bond acceptors (Lipinski definition) is 3. The highest BCUT2D eigenvalue weighted by Gasteiger charge is 2.35. The zero-order valence-corrected chi connectivity index (χ0v) is 13.5. The first-order valence-electron chi connectivity index (χ1n) is 6.94. The highest BCUT2D eigenvalue weighted by Crippen LogP contribution is 2.36. The average Bonchev–Trinajstić information content (AvgIpc) is 2.43. The molecule has 1 aromatic carbocycles. The Morgan fingerprint density at radius 1 is 1.40 bits per heavy atom. The molecular formula is C15H22Cl2N2O. The Balaban J connectivity index is 2.28. The molecule has 0 saturated carbocycles. The second-order valence-corrected chi connectivity index (χ2v) is 6.43. The topological polar surface area (TPSA) is 38.5 Å². The predicted molar refractivity (Wildman–Crippen MR) is 84.5 cm³/mol. The predicted octanol–water partition coefficient (Wildman–Crippen LogP) is 3.49. The molecule has 3 nitrogen and oxygen atoms in total. The molecule has 0 aliphatic carbocycles. The molecule has 0 bridgehead atoms. The molecular weight excluding hydrogens is 295 g/mol. The van der Waals surface area contributed by atoms with Crippen molar-refractivity contribution in [3.8, 4) is 0 Å². The number of halogens is 2. The van der Waals surface area contributed by atoms with Crippen LogP contribution in [0.15, 0.2) is 18.2 Å². The molecule has 1 aliphatic heterocycles. The largest absolute Gasteiger partial charge is 0.377 e. The van der Waals surface area contributed by atoms with Crippen LogP contribution in [0.4, 0.5) is 0 Å². The van der Waals surface area contributed by atoms with Gasteiger partial charge < -0.3 is 10.5 Å². The number of likely N-dealkylation sites (tertiary alicyclic amines) is 1. The summed E-state index contributed by atoms with van der Waals surface area (Å²) in [5.74, 6) is 0. The lowest BCUT2D eigenvalue weighted by atomic mass is 9.92. The van der Waals surface area contributed by atoms with Gasteiger partial charge in [-0.05, 0) is 38.4 Å². The van der Waals surface area contributed by atoms with Crippen LogP contribution >= 0.6 is 23.2 Å². The first kappa shape index (κ1) is 16.1. The third kappa shape index (κ3) is 3.29. The number of rotatable bonds is 4. The van der Waals surface area contributed by atoms with Crippen molar-refractivity contribution in [2.24, 2.45) is 5.73 Å². The number of nitrogens with zero attached hydrogens (tertiary/aromatic N) is 1. The second-order valence-electron chi connectivity index (χ2n) is 5.61. The van der Waals surface area contributed by atoms with Crippen molar-refractivity contribution in [3.05, 3.63) is 33.8 Å². The molecule has 0 amide bonds. The summed E-state index contributed by atoms with van der Waals surface area (Å²) >= 11 is 12.7. The first-order chi connectivity index (χ1) is 9.50. The minimum absolute atomic E-state index is 0.0333. The first-order valence-corrected chi connectivity index (χ1v) is 7.69. The van der Waals surface area contributed by atoms with Gasteiger partial charge in [0.2, 0.25) is 0 Å². The zero-order chi connectivity index (χ0) is 14.8. The van der Waals surface area contributed by atoms with Gasteiger partial charge in [-0.25, -0.2) is 0 Å². The highest BCUT2D eigenvalue weighted by atomic mass is 35.5. The van der Waals surface area contributed by atoms with Gasteiger partial charge in [0.15, 0.2) is 0 Å². The van der Waals surface area contributed by atoms with E-state index in [-0.39, 0.29) is 11.6 Å². The lowest BCUT2D eigenvalue weighted by molar-refractivity contribution is -0.0608. The molecule has 1 saturated heterocycles. The number of methoxy groups -OCH3 is 1. The monoisotopic (exact) mass is 316 g/mol. The maximum atomic E-state index is 6.33. The molecule has 0 spiro atoms. The van der Waals surface area contributed by atoms with Gasteiger partial charge in [0.05, 0.1) is 11.6 Å². The van der Waals surface area contributed by atoms with Crippen molar-refractivity contribution < 1.29 is 4.74 Å². The van der Waals surface area contributed by atoms with E-state index in [0.717, 1.165) is 31.5 Å². The van der Waals surface area contributed by atoms with Gasteiger partial charge in [0.25, 0.3) is 0 Å². The number of hydrogen-bond donors (Lipinski definition) is 1. The van der Waals surface area contributed by atoms with Gasteiger partial charge >= 0.3 is 0 Å². The van der Waals surface area contributed by atoms with Crippen LogP contribution in [0.5, 0.6) is 0 Å². The van der Waals surface area contributed by atoms with Crippen LogP contribution in [0.1, 0.15) is 31.4 Å². The van der Waals surface area contributed by atoms with Crippen LogP contribution in [0, 0.1) is 0 Å². The smallest absolute Gasteiger partial charge is 0.0777 e. The molecule has 112 valence electrons. The van der Waals surface area contributed by atoms with E-state index in [2.05, 4.69) is 11.8 Å². The summed E-state index contributed by atoms with van der Waals surface area (Å²) < 4.78 is 5.65. The van der Waals surface area contributed by atoms with E-state index in [0.29, 0.717) is 16.6 Å². The number of benzene rings is 1. The Kier molecular flexibility index (Phi) is 5.32. The van der Waals surface area contributed by atoms with Crippen molar-refractivity contribution in [2.75, 3.05) is 26.7 Å². The minimum atomic E-state index is -0.126. The Bertz CT molecular complexity index is 449. The zero-order valence-electron chi connectivity index (χ0n) is 12.0. The fourth-order valence-corrected chi connectivity index (χ4v) is 3.60. The fourth-order valence-electron chi connectivity index (χ4n) is 2.96. The number of nitrogens with two attached hydrogens (primary N) is 1. The van der Waals surface area contributed by atoms with E-state index in [1.54, 1.807) is 7.11 Å². The van der Waals surface area contributed by atoms with Gasteiger partial charge in [0, 0.05) is 35.8 Å². The average molecular weight is 317 g/mol. The lowest BCUT2D eigenvalue weighted by Gasteiger charge is -2.43. The van der Waals surface area contributed by atoms with Crippen LogP contribution in [0.25, 0.3) is 0 Å². The summed E-state index contributed by atoms with van der Waals surface area (Å²) in [5.41, 5.74) is 6.81. The molecule has 2 N–H and O–H groups in total. The summed E-state index contributed by atoms with van der Waals surface area (Å²) in [5, 5.41) is 1.36. The van der Waals surface area contributed by atoms with Crippen LogP contribution in [0.3, 0.4) is 0 Å². The number of piperidine rings is 1. The van der Waals surface area contributed by atoms with Gasteiger partial charge in [-0.3, -0.25) is 4.90 Å². The Morgan fingerprint density at radius 2 is 2.05 bits per heavy atom. The van der Waals surface area contributed by atoms with Gasteiger partial charge in [-0.1, -0.05) is 29.3 Å². The minimum Gasteiger partial charge on any atom is -0.377 e. The van der Waals surface area contributed by atoms with E-state index in [1.165, 1.54) is 0 Å². The molecule has 1 heterocycles. The van der Waals surface area contributed by atoms with E-state index in [9.17, 15) is 0 Å². The van der Waals surface area contributed by atoms with Crippen molar-refractivity contribution in [1.29, 1.82) is 0 Å². The van der Waals surface area contributed by atoms with Crippen molar-refractivity contribution in [1.82, 2.24) is 4.90 Å². The normalized spacial score (nSPS) is 25.6. The van der Waals surface area contributed by atoms with E-state index in [4.69, 9.17) is 33.7 Å². The van der Waals surface area contributed by atoms with Gasteiger partial charge in [-0.2, -0.15) is 0 Å². The van der Waals surface area contributed by atoms with Crippen molar-refractivity contribution >= 4 is 23.2 Å². The summed E-state index contributed by atoms with van der Waals surface area (Å²) in [4.78, 5) is 2.33. The standard InChI is InChI=1S/C15H22Cl2N2O/c1-15(20-2)7-4-8-19(10-15)13(9-18)14-11(16)5-3-6-12(14)17/h3,5-6,13H,4,7-10,18H2,1-2H3. The Labute approximate surface area is 131 Å². The third-order valence-corrected chi connectivity index (χ3v) is 4.84. The molecule has 2 unspecified atom stereocenters. The van der Waals surface area contributed by atoms with Crippen molar-refractivity contribution in [2.45, 2.75) is 31.4 Å². The molecule has 1 fully saturated rings. The van der Waals surface area contributed by atoms with E-state index < -0.39 is 0 Å². The van der Waals surface area contributed by atoms with Gasteiger partial charge in [0.1, 0.15) is 0 Å².